The van der Waals surface area contributed by atoms with Gasteiger partial charge in [0.05, 0.1) is 4.90 Å². The van der Waals surface area contributed by atoms with Gasteiger partial charge < -0.3 is 4.90 Å². The van der Waals surface area contributed by atoms with Crippen LogP contribution in [0.2, 0.25) is 0 Å². The van der Waals surface area contributed by atoms with Crippen LogP contribution in [-0.2, 0) is 14.8 Å². The molecule has 1 amide bonds. The summed E-state index contributed by atoms with van der Waals surface area (Å²) in [5.41, 5.74) is 0.334. The fraction of sp³-hybridized carbons (Fsp3) is 0.682. The number of rotatable bonds is 5. The second kappa shape index (κ2) is 9.14. The highest BCUT2D eigenvalue weighted by atomic mass is 32.2. The summed E-state index contributed by atoms with van der Waals surface area (Å²) in [4.78, 5) is 17.7. The molecular formula is C22H35N3O3S. The predicted octanol–water partition coefficient (Wildman–Crippen LogP) is 2.67. The summed E-state index contributed by atoms with van der Waals surface area (Å²) in [5.74, 6) is 0.149. The molecule has 0 unspecified atom stereocenters. The summed E-state index contributed by atoms with van der Waals surface area (Å²) >= 11 is 0. The quantitative estimate of drug-likeness (QED) is 0.733. The summed E-state index contributed by atoms with van der Waals surface area (Å²) in [6, 6.07) is 8.55. The maximum Gasteiger partial charge on any atom is 0.243 e. The molecule has 1 aromatic rings. The van der Waals surface area contributed by atoms with Crippen LogP contribution in [0.5, 0.6) is 0 Å². The van der Waals surface area contributed by atoms with Crippen molar-refractivity contribution < 1.29 is 13.2 Å². The molecule has 162 valence electrons. The highest BCUT2D eigenvalue weighted by Gasteiger charge is 2.34. The first-order valence-corrected chi connectivity index (χ1v) is 12.2. The van der Waals surface area contributed by atoms with Crippen LogP contribution < -0.4 is 0 Å². The molecule has 3 rings (SSSR count). The highest BCUT2D eigenvalue weighted by Crippen LogP contribution is 2.26. The third-order valence-corrected chi connectivity index (χ3v) is 7.96. The molecule has 2 fully saturated rings. The minimum absolute atomic E-state index is 0.0571. The Morgan fingerprint density at radius 3 is 2.10 bits per heavy atom. The maximum atomic E-state index is 12.9. The Morgan fingerprint density at radius 1 is 0.966 bits per heavy atom. The number of sulfonamides is 1. The van der Waals surface area contributed by atoms with E-state index in [0.717, 1.165) is 39.1 Å². The Labute approximate surface area is 175 Å². The first-order valence-electron chi connectivity index (χ1n) is 10.7. The van der Waals surface area contributed by atoms with Gasteiger partial charge in [0.15, 0.2) is 0 Å². The largest absolute Gasteiger partial charge is 0.340 e. The number of hydrogen-bond acceptors (Lipinski definition) is 4. The third kappa shape index (κ3) is 5.80. The molecule has 0 aromatic heterocycles. The van der Waals surface area contributed by atoms with Gasteiger partial charge in [-0.15, -0.1) is 0 Å². The normalized spacial score (nSPS) is 20.7. The smallest absolute Gasteiger partial charge is 0.243 e. The van der Waals surface area contributed by atoms with E-state index in [4.69, 9.17) is 0 Å². The van der Waals surface area contributed by atoms with Gasteiger partial charge in [0.25, 0.3) is 0 Å². The van der Waals surface area contributed by atoms with Crippen molar-refractivity contribution in [1.82, 2.24) is 14.1 Å². The zero-order valence-corrected chi connectivity index (χ0v) is 18.8. The van der Waals surface area contributed by atoms with E-state index in [0.29, 0.717) is 36.2 Å². The summed E-state index contributed by atoms with van der Waals surface area (Å²) in [5, 5.41) is 0. The van der Waals surface area contributed by atoms with Crippen molar-refractivity contribution in [3.63, 3.8) is 0 Å². The van der Waals surface area contributed by atoms with Gasteiger partial charge in [-0.2, -0.15) is 4.31 Å². The molecule has 0 saturated carbocycles. The molecule has 0 N–H and O–H groups in total. The summed E-state index contributed by atoms with van der Waals surface area (Å²) in [6.45, 7) is 12.1. The van der Waals surface area contributed by atoms with E-state index in [2.05, 4.69) is 25.7 Å². The van der Waals surface area contributed by atoms with Crippen molar-refractivity contribution in [3.8, 4) is 0 Å². The second-order valence-electron chi connectivity index (χ2n) is 9.47. The van der Waals surface area contributed by atoms with E-state index in [9.17, 15) is 13.2 Å². The molecule has 0 bridgehead atoms. The fourth-order valence-corrected chi connectivity index (χ4v) is 5.52. The number of amides is 1. The van der Waals surface area contributed by atoms with Gasteiger partial charge in [0.1, 0.15) is 0 Å². The van der Waals surface area contributed by atoms with Gasteiger partial charge in [-0.1, -0.05) is 39.0 Å². The van der Waals surface area contributed by atoms with E-state index in [-0.39, 0.29) is 11.8 Å². The Morgan fingerprint density at radius 2 is 1.55 bits per heavy atom. The molecule has 2 heterocycles. The van der Waals surface area contributed by atoms with Crippen molar-refractivity contribution in [1.29, 1.82) is 0 Å². The molecule has 0 spiro atoms. The van der Waals surface area contributed by atoms with Crippen molar-refractivity contribution in [2.45, 2.75) is 44.9 Å². The zero-order valence-electron chi connectivity index (χ0n) is 18.0. The van der Waals surface area contributed by atoms with Crippen LogP contribution in [0.4, 0.5) is 0 Å². The minimum Gasteiger partial charge on any atom is -0.340 e. The van der Waals surface area contributed by atoms with E-state index in [1.807, 2.05) is 11.0 Å². The summed E-state index contributed by atoms with van der Waals surface area (Å²) < 4.78 is 27.0. The lowest BCUT2D eigenvalue weighted by Gasteiger charge is -2.39. The number of carbonyl (C=O) groups is 1. The average Bonchev–Trinajstić information content (AvgIpc) is 2.72. The molecule has 2 saturated heterocycles. The van der Waals surface area contributed by atoms with Gasteiger partial charge in [-0.3, -0.25) is 9.69 Å². The van der Waals surface area contributed by atoms with Crippen LogP contribution in [0.25, 0.3) is 0 Å². The van der Waals surface area contributed by atoms with Gasteiger partial charge >= 0.3 is 0 Å². The molecule has 0 aliphatic carbocycles. The van der Waals surface area contributed by atoms with E-state index >= 15 is 0 Å². The van der Waals surface area contributed by atoms with Crippen LogP contribution in [0.15, 0.2) is 35.2 Å². The molecule has 0 radical (unpaired) electrons. The van der Waals surface area contributed by atoms with Crippen LogP contribution in [0, 0.1) is 11.3 Å². The van der Waals surface area contributed by atoms with Gasteiger partial charge in [-0.05, 0) is 43.4 Å². The number of piperazine rings is 1. The van der Waals surface area contributed by atoms with Crippen LogP contribution >= 0.6 is 0 Å². The molecule has 29 heavy (non-hydrogen) atoms. The fourth-order valence-electron chi connectivity index (χ4n) is 4.03. The van der Waals surface area contributed by atoms with Crippen molar-refractivity contribution in [3.05, 3.63) is 30.3 Å². The van der Waals surface area contributed by atoms with Gasteiger partial charge in [0.2, 0.25) is 15.9 Å². The standard InChI is InChI=1S/C22H35N3O3S/c1-22(2,3)11-14-23-15-17-24(18-16-23)21(26)19-9-12-25(13-10-19)29(27,28)20-7-5-4-6-8-20/h4-8,19H,9-18H2,1-3H3. The number of carbonyl (C=O) groups excluding carboxylic acids is 1. The second-order valence-corrected chi connectivity index (χ2v) is 11.4. The van der Waals surface area contributed by atoms with Crippen LogP contribution in [0.3, 0.4) is 0 Å². The Hall–Kier alpha value is -1.44. The van der Waals surface area contributed by atoms with E-state index in [1.54, 1.807) is 24.3 Å². The monoisotopic (exact) mass is 421 g/mol. The van der Waals surface area contributed by atoms with E-state index < -0.39 is 10.0 Å². The molecule has 7 heteroatoms. The Bertz CT molecular complexity index is 773. The van der Waals surface area contributed by atoms with Crippen LogP contribution in [0.1, 0.15) is 40.0 Å². The minimum atomic E-state index is -3.46. The molecule has 6 nitrogen and oxygen atoms in total. The number of nitrogens with zero attached hydrogens (tertiary/aromatic N) is 3. The van der Waals surface area contributed by atoms with Crippen molar-refractivity contribution in [2.75, 3.05) is 45.8 Å². The first-order chi connectivity index (χ1) is 13.7. The predicted molar refractivity (Wildman–Crippen MR) is 115 cm³/mol. The molecule has 2 aliphatic rings. The van der Waals surface area contributed by atoms with Crippen LogP contribution in [-0.4, -0.2) is 74.2 Å². The molecule has 2 aliphatic heterocycles. The average molecular weight is 422 g/mol. The van der Waals surface area contributed by atoms with E-state index in [1.165, 1.54) is 4.31 Å². The lowest BCUT2D eigenvalue weighted by molar-refractivity contribution is -0.138. The first kappa shape index (κ1) is 22.2. The Balaban J connectivity index is 1.47. The summed E-state index contributed by atoms with van der Waals surface area (Å²) in [6.07, 6.45) is 2.37. The SMILES string of the molecule is CC(C)(C)CCN1CCN(C(=O)C2CCN(S(=O)(=O)c3ccccc3)CC2)CC1. The van der Waals surface area contributed by atoms with Crippen molar-refractivity contribution in [2.24, 2.45) is 11.3 Å². The van der Waals surface area contributed by atoms with Crippen molar-refractivity contribution >= 4 is 15.9 Å². The Kier molecular flexibility index (Phi) is 7.02. The number of benzene rings is 1. The lowest BCUT2D eigenvalue weighted by atomic mass is 9.92. The maximum absolute atomic E-state index is 12.9. The molecule has 0 atom stereocenters. The topological polar surface area (TPSA) is 60.9 Å². The van der Waals surface area contributed by atoms with Gasteiger partial charge in [0, 0.05) is 45.2 Å². The highest BCUT2D eigenvalue weighted by molar-refractivity contribution is 7.89. The van der Waals surface area contributed by atoms with Gasteiger partial charge in [-0.25, -0.2) is 8.42 Å². The zero-order chi connectivity index (χ0) is 21.1. The number of piperidine rings is 1. The third-order valence-electron chi connectivity index (χ3n) is 6.05. The lowest BCUT2D eigenvalue weighted by Crippen LogP contribution is -2.52. The molecule has 1 aromatic carbocycles. The number of hydrogen-bond donors (Lipinski definition) is 0. The molecular weight excluding hydrogens is 386 g/mol. The summed E-state index contributed by atoms with van der Waals surface area (Å²) in [7, 11) is -3.46.